The minimum Gasteiger partial charge on any atom is -0.508 e. The lowest BCUT2D eigenvalue weighted by molar-refractivity contribution is -0.119. The number of aromatic hydroxyl groups is 1. The number of nitrogens with two attached hydrogens (primary N) is 1. The Hall–Kier alpha value is -2.24. The maximum Gasteiger partial charge on any atom is 0.315 e. The van der Waals surface area contributed by atoms with Crippen LogP contribution in [0.3, 0.4) is 0 Å². The molecule has 0 bridgehead atoms. The molecule has 1 aromatic carbocycles. The van der Waals surface area contributed by atoms with Crippen LogP contribution in [0.5, 0.6) is 5.75 Å². The summed E-state index contributed by atoms with van der Waals surface area (Å²) < 4.78 is 0. The third-order valence-corrected chi connectivity index (χ3v) is 5.31. The number of carbonyl (C=O) groups is 2. The second-order valence-electron chi connectivity index (χ2n) is 7.06. The fourth-order valence-electron chi connectivity index (χ4n) is 3.76. The highest BCUT2D eigenvalue weighted by molar-refractivity contribution is 5.86. The fraction of sp³-hybridized carbons (Fsp3) is 0.556. The quantitative estimate of drug-likeness (QED) is 0.639. The van der Waals surface area contributed by atoms with Gasteiger partial charge in [-0.15, -0.1) is 0 Å². The normalized spacial score (nSPS) is 20.3. The van der Waals surface area contributed by atoms with Crippen molar-refractivity contribution >= 4 is 11.9 Å². The first-order valence-corrected chi connectivity index (χ1v) is 8.64. The molecule has 2 saturated carbocycles. The Balaban J connectivity index is 1.58. The summed E-state index contributed by atoms with van der Waals surface area (Å²) >= 11 is 0. The number of amides is 3. The molecule has 1 aromatic rings. The van der Waals surface area contributed by atoms with Gasteiger partial charge in [-0.2, -0.15) is 0 Å². The van der Waals surface area contributed by atoms with E-state index in [4.69, 9.17) is 5.73 Å². The largest absolute Gasteiger partial charge is 0.508 e. The van der Waals surface area contributed by atoms with Crippen molar-refractivity contribution < 1.29 is 14.7 Å². The van der Waals surface area contributed by atoms with Gasteiger partial charge in [0.1, 0.15) is 11.8 Å². The molecule has 5 N–H and O–H groups in total. The van der Waals surface area contributed by atoms with Gasteiger partial charge in [-0.05, 0) is 49.3 Å². The third kappa shape index (κ3) is 3.80. The molecule has 3 rings (SSSR count). The van der Waals surface area contributed by atoms with E-state index in [-0.39, 0.29) is 17.3 Å². The van der Waals surface area contributed by atoms with Crippen LogP contribution >= 0.6 is 0 Å². The van der Waals surface area contributed by atoms with Crippen molar-refractivity contribution in [1.82, 2.24) is 10.6 Å². The summed E-state index contributed by atoms with van der Waals surface area (Å²) in [5.41, 5.74) is 6.19. The molecule has 1 atom stereocenters. The molecule has 0 aromatic heterocycles. The lowest BCUT2D eigenvalue weighted by Gasteiger charge is -2.25. The van der Waals surface area contributed by atoms with Gasteiger partial charge >= 0.3 is 6.03 Å². The summed E-state index contributed by atoms with van der Waals surface area (Å²) in [6.07, 6.45) is 7.16. The first-order chi connectivity index (χ1) is 11.5. The van der Waals surface area contributed by atoms with Gasteiger partial charge in [-0.3, -0.25) is 4.79 Å². The van der Waals surface area contributed by atoms with E-state index in [2.05, 4.69) is 10.6 Å². The maximum absolute atomic E-state index is 12.3. The first-order valence-electron chi connectivity index (χ1n) is 8.64. The van der Waals surface area contributed by atoms with Crippen LogP contribution in [-0.2, 0) is 11.2 Å². The van der Waals surface area contributed by atoms with Gasteiger partial charge in [0.25, 0.3) is 0 Å². The van der Waals surface area contributed by atoms with Crippen molar-refractivity contribution in [1.29, 1.82) is 0 Å². The molecule has 0 heterocycles. The van der Waals surface area contributed by atoms with Crippen LogP contribution in [0.4, 0.5) is 4.79 Å². The molecule has 0 radical (unpaired) electrons. The van der Waals surface area contributed by atoms with E-state index in [1.807, 2.05) is 0 Å². The molecule has 0 unspecified atom stereocenters. The van der Waals surface area contributed by atoms with Crippen LogP contribution in [0.1, 0.15) is 44.1 Å². The van der Waals surface area contributed by atoms with Crippen molar-refractivity contribution in [2.75, 3.05) is 0 Å². The second-order valence-corrected chi connectivity index (χ2v) is 7.06. The molecule has 2 aliphatic rings. The molecular formula is C18H25N3O3. The number of phenolic OH excluding ortho intramolecular Hbond substituents is 1. The minimum atomic E-state index is -0.770. The van der Waals surface area contributed by atoms with Gasteiger partial charge in [0.05, 0.1) is 0 Å². The van der Waals surface area contributed by atoms with Gasteiger partial charge in [0.15, 0.2) is 0 Å². The summed E-state index contributed by atoms with van der Waals surface area (Å²) in [6.45, 7) is 0. The second kappa shape index (κ2) is 6.71. The smallest absolute Gasteiger partial charge is 0.315 e. The SMILES string of the molecule is NC(=O)[C@H](Cc1ccc(O)cc1)NC(=O)NC1(C2CCCC2)CC1. The Morgan fingerprint density at radius 2 is 1.83 bits per heavy atom. The van der Waals surface area contributed by atoms with Gasteiger partial charge in [-0.1, -0.05) is 25.0 Å². The molecule has 6 nitrogen and oxygen atoms in total. The van der Waals surface area contributed by atoms with Crippen LogP contribution in [0.2, 0.25) is 0 Å². The summed E-state index contributed by atoms with van der Waals surface area (Å²) in [5.74, 6) is 0.156. The zero-order valence-corrected chi connectivity index (χ0v) is 13.8. The zero-order valence-electron chi connectivity index (χ0n) is 13.8. The Bertz CT molecular complexity index is 604. The third-order valence-electron chi connectivity index (χ3n) is 5.31. The highest BCUT2D eigenvalue weighted by atomic mass is 16.3. The van der Waals surface area contributed by atoms with Crippen molar-refractivity contribution in [2.45, 2.75) is 56.5 Å². The summed E-state index contributed by atoms with van der Waals surface area (Å²) in [4.78, 5) is 24.0. The van der Waals surface area contributed by atoms with Crippen LogP contribution in [0, 0.1) is 5.92 Å². The fourth-order valence-corrected chi connectivity index (χ4v) is 3.76. The van der Waals surface area contributed by atoms with Crippen molar-refractivity contribution in [3.8, 4) is 5.75 Å². The van der Waals surface area contributed by atoms with Crippen molar-refractivity contribution in [2.24, 2.45) is 11.7 Å². The van der Waals surface area contributed by atoms with E-state index in [0.717, 1.165) is 18.4 Å². The molecule has 0 spiro atoms. The molecule has 6 heteroatoms. The Morgan fingerprint density at radius 1 is 1.21 bits per heavy atom. The van der Waals surface area contributed by atoms with Crippen LogP contribution < -0.4 is 16.4 Å². The minimum absolute atomic E-state index is 0.0681. The number of hydrogen-bond donors (Lipinski definition) is 4. The number of benzene rings is 1. The number of carbonyl (C=O) groups excluding carboxylic acids is 2. The van der Waals surface area contributed by atoms with E-state index in [0.29, 0.717) is 12.3 Å². The molecular weight excluding hydrogens is 306 g/mol. The molecule has 0 aliphatic heterocycles. The number of hydrogen-bond acceptors (Lipinski definition) is 3. The lowest BCUT2D eigenvalue weighted by atomic mass is 9.96. The molecule has 0 saturated heterocycles. The standard InChI is InChI=1S/C18H25N3O3/c19-16(23)15(11-12-5-7-14(22)8-6-12)20-17(24)21-18(9-10-18)13-3-1-2-4-13/h5-8,13,15,22H,1-4,9-11H2,(H2,19,23)(H2,20,21,24)/t15-/m0/s1. The molecule has 130 valence electrons. The number of phenols is 1. The number of primary amides is 1. The number of nitrogens with one attached hydrogen (secondary N) is 2. The predicted molar refractivity (Wildman–Crippen MR) is 90.4 cm³/mol. The van der Waals surface area contributed by atoms with Crippen molar-refractivity contribution in [3.05, 3.63) is 29.8 Å². The van der Waals surface area contributed by atoms with Crippen molar-refractivity contribution in [3.63, 3.8) is 0 Å². The monoisotopic (exact) mass is 331 g/mol. The van der Waals surface area contributed by atoms with E-state index < -0.39 is 11.9 Å². The number of rotatable bonds is 6. The van der Waals surface area contributed by atoms with E-state index in [9.17, 15) is 14.7 Å². The maximum atomic E-state index is 12.3. The summed E-state index contributed by atoms with van der Waals surface area (Å²) in [7, 11) is 0. The van der Waals surface area contributed by atoms with Gasteiger partial charge in [0, 0.05) is 12.0 Å². The lowest BCUT2D eigenvalue weighted by Crippen LogP contribution is -2.53. The van der Waals surface area contributed by atoms with Gasteiger partial charge < -0.3 is 21.5 Å². The van der Waals surface area contributed by atoms with Crippen LogP contribution in [-0.4, -0.2) is 28.6 Å². The van der Waals surface area contributed by atoms with E-state index in [1.165, 1.54) is 25.7 Å². The Labute approximate surface area is 141 Å². The average molecular weight is 331 g/mol. The highest BCUT2D eigenvalue weighted by Gasteiger charge is 2.51. The van der Waals surface area contributed by atoms with Crippen LogP contribution in [0.15, 0.2) is 24.3 Å². The van der Waals surface area contributed by atoms with Gasteiger partial charge in [0.2, 0.25) is 5.91 Å². The van der Waals surface area contributed by atoms with E-state index in [1.54, 1.807) is 24.3 Å². The summed E-state index contributed by atoms with van der Waals surface area (Å²) in [6, 6.07) is 5.44. The highest BCUT2D eigenvalue weighted by Crippen LogP contribution is 2.49. The first kappa shape index (κ1) is 16.6. The average Bonchev–Trinajstić information content (AvgIpc) is 3.10. The molecule has 24 heavy (non-hydrogen) atoms. The van der Waals surface area contributed by atoms with Gasteiger partial charge in [-0.25, -0.2) is 4.79 Å². The Morgan fingerprint density at radius 3 is 2.38 bits per heavy atom. The topological polar surface area (TPSA) is 104 Å². The number of urea groups is 1. The Kier molecular flexibility index (Phi) is 4.64. The predicted octanol–water partition coefficient (Wildman–Crippen LogP) is 1.81. The molecule has 3 amide bonds. The zero-order chi connectivity index (χ0) is 17.2. The summed E-state index contributed by atoms with van der Waals surface area (Å²) in [5, 5.41) is 15.1. The van der Waals surface area contributed by atoms with Crippen LogP contribution in [0.25, 0.3) is 0 Å². The molecule has 2 aliphatic carbocycles. The van der Waals surface area contributed by atoms with E-state index >= 15 is 0 Å². The molecule has 2 fully saturated rings.